The molecule has 1 amide bonds. The minimum atomic E-state index is -0.476. The van der Waals surface area contributed by atoms with Crippen LogP contribution in [0.4, 0.5) is 4.79 Å². The van der Waals surface area contributed by atoms with Crippen LogP contribution < -0.4 is 10.6 Å². The highest BCUT2D eigenvalue weighted by Crippen LogP contribution is 2.30. The Hall–Kier alpha value is -2.01. The zero-order chi connectivity index (χ0) is 17.9. The average molecular weight is 344 g/mol. The predicted molar refractivity (Wildman–Crippen MR) is 98.5 cm³/mol. The van der Waals surface area contributed by atoms with Crippen molar-refractivity contribution in [3.63, 3.8) is 0 Å². The molecule has 1 aliphatic carbocycles. The Bertz CT molecular complexity index is 724. The number of amides is 1. The molecular weight excluding hydrogens is 316 g/mol. The van der Waals surface area contributed by atoms with Crippen molar-refractivity contribution < 1.29 is 13.9 Å². The van der Waals surface area contributed by atoms with E-state index in [2.05, 4.69) is 16.7 Å². The Kier molecular flexibility index (Phi) is 5.04. The highest BCUT2D eigenvalue weighted by Gasteiger charge is 2.34. The molecule has 1 saturated carbocycles. The number of hydrogen-bond acceptors (Lipinski definition) is 4. The predicted octanol–water partition coefficient (Wildman–Crippen LogP) is 4.36. The first-order chi connectivity index (χ1) is 11.9. The minimum Gasteiger partial charge on any atom is -0.464 e. The normalized spacial score (nSPS) is 16.9. The molecule has 1 aromatic carbocycles. The van der Waals surface area contributed by atoms with E-state index < -0.39 is 5.60 Å². The lowest BCUT2D eigenvalue weighted by Gasteiger charge is -2.31. The molecule has 136 valence electrons. The third kappa shape index (κ3) is 4.54. The van der Waals surface area contributed by atoms with Crippen LogP contribution in [-0.4, -0.2) is 23.8 Å². The Balaban J connectivity index is 1.62. The summed E-state index contributed by atoms with van der Waals surface area (Å²) in [7, 11) is 0. The molecule has 1 heterocycles. The zero-order valence-electron chi connectivity index (χ0n) is 15.4. The largest absolute Gasteiger partial charge is 0.464 e. The number of para-hydroxylation sites is 1. The number of fused-ring (bicyclic) bond motifs is 1. The van der Waals surface area contributed by atoms with Crippen LogP contribution in [0, 0.1) is 0 Å². The first-order valence-electron chi connectivity index (χ1n) is 9.04. The van der Waals surface area contributed by atoms with Crippen molar-refractivity contribution in [3.8, 4) is 0 Å². The third-order valence-electron chi connectivity index (χ3n) is 4.75. The number of nitrogens with one attached hydrogen (secondary N) is 2. The van der Waals surface area contributed by atoms with Crippen molar-refractivity contribution in [2.45, 2.75) is 64.1 Å². The molecule has 1 fully saturated rings. The van der Waals surface area contributed by atoms with Gasteiger partial charge in [0.05, 0.1) is 6.26 Å². The number of alkyl carbamates (subject to hydrolysis) is 1. The lowest BCUT2D eigenvalue weighted by atomic mass is 9.97. The molecule has 5 heteroatoms. The van der Waals surface area contributed by atoms with Crippen LogP contribution in [0.3, 0.4) is 0 Å². The van der Waals surface area contributed by atoms with Crippen molar-refractivity contribution in [2.24, 2.45) is 0 Å². The number of benzene rings is 1. The van der Waals surface area contributed by atoms with Crippen molar-refractivity contribution in [2.75, 3.05) is 6.54 Å². The maximum atomic E-state index is 12.0. The monoisotopic (exact) mass is 344 g/mol. The van der Waals surface area contributed by atoms with Crippen molar-refractivity contribution >= 4 is 17.1 Å². The maximum Gasteiger partial charge on any atom is 0.407 e. The Labute approximate surface area is 149 Å². The number of rotatable bonds is 5. The van der Waals surface area contributed by atoms with Crippen LogP contribution in [0.2, 0.25) is 0 Å². The molecule has 0 spiro atoms. The molecule has 1 aliphatic rings. The van der Waals surface area contributed by atoms with Gasteiger partial charge in [-0.2, -0.15) is 0 Å². The summed E-state index contributed by atoms with van der Waals surface area (Å²) in [6.45, 7) is 6.94. The fraction of sp³-hybridized carbons (Fsp3) is 0.550. The van der Waals surface area contributed by atoms with E-state index in [1.165, 1.54) is 12.8 Å². The van der Waals surface area contributed by atoms with Gasteiger partial charge in [0.2, 0.25) is 0 Å². The molecule has 0 aliphatic heterocycles. The van der Waals surface area contributed by atoms with Gasteiger partial charge in [-0.3, -0.25) is 0 Å². The van der Waals surface area contributed by atoms with Gasteiger partial charge >= 0.3 is 6.09 Å². The van der Waals surface area contributed by atoms with Gasteiger partial charge in [0.25, 0.3) is 0 Å². The van der Waals surface area contributed by atoms with Crippen molar-refractivity contribution in [1.29, 1.82) is 0 Å². The quantitative estimate of drug-likeness (QED) is 0.846. The van der Waals surface area contributed by atoms with Crippen LogP contribution in [-0.2, 0) is 11.3 Å². The second kappa shape index (κ2) is 7.08. The first-order valence-corrected chi connectivity index (χ1v) is 9.04. The van der Waals surface area contributed by atoms with Crippen LogP contribution in [0.5, 0.6) is 0 Å². The molecule has 3 rings (SSSR count). The molecule has 0 radical (unpaired) electrons. The lowest BCUT2D eigenvalue weighted by molar-refractivity contribution is 0.0509. The Morgan fingerprint density at radius 2 is 1.96 bits per heavy atom. The second-order valence-electron chi connectivity index (χ2n) is 7.95. The van der Waals surface area contributed by atoms with Gasteiger partial charge in [0.1, 0.15) is 11.2 Å². The van der Waals surface area contributed by atoms with Gasteiger partial charge in [-0.25, -0.2) is 4.79 Å². The summed E-state index contributed by atoms with van der Waals surface area (Å²) >= 11 is 0. The van der Waals surface area contributed by atoms with E-state index in [1.54, 1.807) is 0 Å². The van der Waals surface area contributed by atoms with E-state index in [9.17, 15) is 4.79 Å². The number of ether oxygens (including phenoxy) is 1. The number of furan rings is 1. The second-order valence-corrected chi connectivity index (χ2v) is 7.95. The molecule has 25 heavy (non-hydrogen) atoms. The zero-order valence-corrected chi connectivity index (χ0v) is 15.4. The van der Waals surface area contributed by atoms with Gasteiger partial charge in [0.15, 0.2) is 0 Å². The molecule has 2 aromatic rings. The standard InChI is InChI=1S/C20H28N2O3/c1-19(2,3)25-18(23)21-14-20(10-6-7-11-20)22-12-15-13-24-17-9-5-4-8-16(15)17/h4-5,8-9,13,22H,6-7,10-12,14H2,1-3H3,(H,21,23). The van der Waals surface area contributed by atoms with Gasteiger partial charge in [-0.1, -0.05) is 31.0 Å². The van der Waals surface area contributed by atoms with E-state index in [4.69, 9.17) is 9.15 Å². The number of carbonyl (C=O) groups excluding carboxylic acids is 1. The van der Waals surface area contributed by atoms with Gasteiger partial charge in [-0.05, 0) is 39.7 Å². The van der Waals surface area contributed by atoms with E-state index in [0.29, 0.717) is 6.54 Å². The molecule has 5 nitrogen and oxygen atoms in total. The van der Waals surface area contributed by atoms with Crippen LogP contribution >= 0.6 is 0 Å². The molecular formula is C20H28N2O3. The molecule has 1 aromatic heterocycles. The van der Waals surface area contributed by atoms with Crippen molar-refractivity contribution in [1.82, 2.24) is 10.6 Å². The number of hydrogen-bond donors (Lipinski definition) is 2. The summed E-state index contributed by atoms with van der Waals surface area (Å²) in [4.78, 5) is 12.0. The summed E-state index contributed by atoms with van der Waals surface area (Å²) in [5.74, 6) is 0. The average Bonchev–Trinajstić information content (AvgIpc) is 3.17. The summed E-state index contributed by atoms with van der Waals surface area (Å²) in [5.41, 5.74) is 1.51. The topological polar surface area (TPSA) is 63.5 Å². The molecule has 0 atom stereocenters. The van der Waals surface area contributed by atoms with E-state index in [1.807, 2.05) is 45.2 Å². The van der Waals surface area contributed by atoms with E-state index >= 15 is 0 Å². The summed E-state index contributed by atoms with van der Waals surface area (Å²) < 4.78 is 11.0. The smallest absolute Gasteiger partial charge is 0.407 e. The van der Waals surface area contributed by atoms with Gasteiger partial charge in [0, 0.05) is 29.6 Å². The van der Waals surface area contributed by atoms with Crippen LogP contribution in [0.15, 0.2) is 34.9 Å². The number of carbonyl (C=O) groups is 1. The van der Waals surface area contributed by atoms with Crippen LogP contribution in [0.25, 0.3) is 11.0 Å². The minimum absolute atomic E-state index is 0.0741. The van der Waals surface area contributed by atoms with Gasteiger partial charge in [-0.15, -0.1) is 0 Å². The highest BCUT2D eigenvalue weighted by atomic mass is 16.6. The maximum absolute atomic E-state index is 12.0. The summed E-state index contributed by atoms with van der Waals surface area (Å²) in [5, 5.41) is 7.76. The Morgan fingerprint density at radius 1 is 1.24 bits per heavy atom. The van der Waals surface area contributed by atoms with Gasteiger partial charge < -0.3 is 19.8 Å². The summed E-state index contributed by atoms with van der Waals surface area (Å²) in [6.07, 6.45) is 5.93. The van der Waals surface area contributed by atoms with Crippen LogP contribution in [0.1, 0.15) is 52.0 Å². The molecule has 0 saturated heterocycles. The van der Waals surface area contributed by atoms with Crippen molar-refractivity contribution in [3.05, 3.63) is 36.1 Å². The lowest BCUT2D eigenvalue weighted by Crippen LogP contribution is -2.51. The molecule has 2 N–H and O–H groups in total. The van der Waals surface area contributed by atoms with E-state index in [-0.39, 0.29) is 11.6 Å². The SMILES string of the molecule is CC(C)(C)OC(=O)NCC1(NCc2coc3ccccc23)CCCC1. The Morgan fingerprint density at radius 3 is 2.68 bits per heavy atom. The fourth-order valence-corrected chi connectivity index (χ4v) is 3.48. The highest BCUT2D eigenvalue weighted by molar-refractivity contribution is 5.80. The van der Waals surface area contributed by atoms with E-state index in [0.717, 1.165) is 35.9 Å². The first kappa shape index (κ1) is 17.8. The third-order valence-corrected chi connectivity index (χ3v) is 4.75. The molecule has 0 bridgehead atoms. The summed E-state index contributed by atoms with van der Waals surface area (Å²) in [6, 6.07) is 8.06. The fourth-order valence-electron chi connectivity index (χ4n) is 3.48. The molecule has 0 unspecified atom stereocenters.